The first-order valence-corrected chi connectivity index (χ1v) is 5.79. The number of ether oxygens (including phenoxy) is 1. The predicted octanol–water partition coefficient (Wildman–Crippen LogP) is 1.97. The Kier molecular flexibility index (Phi) is 3.17. The summed E-state index contributed by atoms with van der Waals surface area (Å²) >= 11 is 1.44. The van der Waals surface area contributed by atoms with Gasteiger partial charge in [-0.05, 0) is 30.0 Å². The molecule has 0 aliphatic heterocycles. The van der Waals surface area contributed by atoms with Crippen molar-refractivity contribution in [3.05, 3.63) is 28.8 Å². The summed E-state index contributed by atoms with van der Waals surface area (Å²) in [7, 11) is 0. The van der Waals surface area contributed by atoms with Crippen molar-refractivity contribution in [2.45, 2.75) is 13.5 Å². The lowest BCUT2D eigenvalue weighted by molar-refractivity contribution is 0.0520. The zero-order chi connectivity index (χ0) is 11.5. The molecule has 0 aromatic carbocycles. The highest BCUT2D eigenvalue weighted by Gasteiger charge is 2.12. The molecule has 0 aliphatic carbocycles. The molecule has 84 valence electrons. The summed E-state index contributed by atoms with van der Waals surface area (Å²) in [5.41, 5.74) is 0.954. The maximum Gasteiger partial charge on any atom is 0.356 e. The van der Waals surface area contributed by atoms with Crippen LogP contribution in [0.1, 0.15) is 23.0 Å². The summed E-state index contributed by atoms with van der Waals surface area (Å²) in [6.07, 6.45) is 0. The summed E-state index contributed by atoms with van der Waals surface area (Å²) in [6.45, 7) is 1.95. The number of aromatic nitrogens is 1. The fraction of sp³-hybridized carbons (Fsp3) is 0.273. The second-order valence-electron chi connectivity index (χ2n) is 3.18. The van der Waals surface area contributed by atoms with E-state index in [1.165, 1.54) is 11.3 Å². The van der Waals surface area contributed by atoms with E-state index in [0.29, 0.717) is 12.2 Å². The molecular weight excluding hydrogens is 226 g/mol. The van der Waals surface area contributed by atoms with Gasteiger partial charge in [-0.2, -0.15) is 0 Å². The van der Waals surface area contributed by atoms with Gasteiger partial charge in [0.25, 0.3) is 0 Å². The SMILES string of the molecule is CCOC(=O)c1cc(CO)c2ccsc2n1. The van der Waals surface area contributed by atoms with Crippen molar-refractivity contribution < 1.29 is 14.6 Å². The smallest absolute Gasteiger partial charge is 0.356 e. The van der Waals surface area contributed by atoms with Gasteiger partial charge >= 0.3 is 5.97 Å². The number of carbonyl (C=O) groups is 1. The first-order valence-electron chi connectivity index (χ1n) is 4.91. The average molecular weight is 237 g/mol. The zero-order valence-corrected chi connectivity index (χ0v) is 9.58. The largest absolute Gasteiger partial charge is 0.461 e. The first-order chi connectivity index (χ1) is 7.76. The number of nitrogens with zero attached hydrogens (tertiary/aromatic N) is 1. The van der Waals surface area contributed by atoms with Crippen LogP contribution in [0.4, 0.5) is 0 Å². The van der Waals surface area contributed by atoms with E-state index >= 15 is 0 Å². The lowest BCUT2D eigenvalue weighted by Gasteiger charge is -2.04. The fourth-order valence-electron chi connectivity index (χ4n) is 1.46. The number of pyridine rings is 1. The van der Waals surface area contributed by atoms with E-state index in [2.05, 4.69) is 4.98 Å². The normalized spacial score (nSPS) is 10.6. The lowest BCUT2D eigenvalue weighted by atomic mass is 10.1. The number of aliphatic hydroxyl groups excluding tert-OH is 1. The van der Waals surface area contributed by atoms with E-state index in [9.17, 15) is 9.90 Å². The van der Waals surface area contributed by atoms with Crippen LogP contribution < -0.4 is 0 Å². The van der Waals surface area contributed by atoms with Crippen LogP contribution in [0.15, 0.2) is 17.5 Å². The van der Waals surface area contributed by atoms with Crippen LogP contribution in [0.5, 0.6) is 0 Å². The van der Waals surface area contributed by atoms with Crippen molar-refractivity contribution in [3.63, 3.8) is 0 Å². The lowest BCUT2D eigenvalue weighted by Crippen LogP contribution is -2.07. The van der Waals surface area contributed by atoms with Crippen molar-refractivity contribution in [3.8, 4) is 0 Å². The molecule has 2 rings (SSSR count). The molecule has 1 N–H and O–H groups in total. The van der Waals surface area contributed by atoms with E-state index in [1.807, 2.05) is 11.4 Å². The molecule has 0 saturated heterocycles. The topological polar surface area (TPSA) is 59.4 Å². The standard InChI is InChI=1S/C11H11NO3S/c1-2-15-11(14)9-5-7(6-13)8-3-4-16-10(8)12-9/h3-5,13H,2,6H2,1H3. The summed E-state index contributed by atoms with van der Waals surface area (Å²) in [5, 5.41) is 12.0. The molecule has 0 unspecified atom stereocenters. The molecule has 2 aromatic rings. The molecule has 0 saturated carbocycles. The van der Waals surface area contributed by atoms with Crippen molar-refractivity contribution in [2.24, 2.45) is 0 Å². The summed E-state index contributed by atoms with van der Waals surface area (Å²) in [4.78, 5) is 16.5. The Morgan fingerprint density at radius 3 is 3.12 bits per heavy atom. The number of rotatable bonds is 3. The third-order valence-electron chi connectivity index (χ3n) is 2.18. The van der Waals surface area contributed by atoms with Crippen LogP contribution in [0.25, 0.3) is 10.2 Å². The molecule has 2 aromatic heterocycles. The molecule has 0 bridgehead atoms. The van der Waals surface area contributed by atoms with Gasteiger partial charge in [0.05, 0.1) is 13.2 Å². The van der Waals surface area contributed by atoms with Crippen LogP contribution in [-0.4, -0.2) is 22.7 Å². The number of thiophene rings is 1. The van der Waals surface area contributed by atoms with Gasteiger partial charge in [-0.15, -0.1) is 11.3 Å². The van der Waals surface area contributed by atoms with Gasteiger partial charge in [-0.3, -0.25) is 0 Å². The Bertz CT molecular complexity index is 521. The van der Waals surface area contributed by atoms with Crippen molar-refractivity contribution in [1.29, 1.82) is 0 Å². The Morgan fingerprint density at radius 2 is 2.44 bits per heavy atom. The van der Waals surface area contributed by atoms with Gasteiger partial charge in [0.15, 0.2) is 0 Å². The molecule has 5 heteroatoms. The monoisotopic (exact) mass is 237 g/mol. The second kappa shape index (κ2) is 4.59. The highest BCUT2D eigenvalue weighted by atomic mass is 32.1. The molecule has 16 heavy (non-hydrogen) atoms. The zero-order valence-electron chi connectivity index (χ0n) is 8.77. The van der Waals surface area contributed by atoms with Crippen LogP contribution in [0, 0.1) is 0 Å². The molecule has 0 aliphatic rings. The van der Waals surface area contributed by atoms with Gasteiger partial charge in [0, 0.05) is 5.39 Å². The maximum atomic E-state index is 11.5. The minimum atomic E-state index is -0.451. The number of esters is 1. The van der Waals surface area contributed by atoms with Gasteiger partial charge in [-0.25, -0.2) is 9.78 Å². The van der Waals surface area contributed by atoms with Crippen LogP contribution in [-0.2, 0) is 11.3 Å². The number of carbonyl (C=O) groups excluding carboxylic acids is 1. The third-order valence-corrected chi connectivity index (χ3v) is 2.99. The Balaban J connectivity index is 2.51. The van der Waals surface area contributed by atoms with Crippen molar-refractivity contribution in [1.82, 2.24) is 4.98 Å². The molecule has 0 atom stereocenters. The van der Waals surface area contributed by atoms with Gasteiger partial charge in [0.1, 0.15) is 10.5 Å². The maximum absolute atomic E-state index is 11.5. The second-order valence-corrected chi connectivity index (χ2v) is 4.08. The van der Waals surface area contributed by atoms with Gasteiger partial charge in [-0.1, -0.05) is 0 Å². The minimum Gasteiger partial charge on any atom is -0.461 e. The number of hydrogen-bond donors (Lipinski definition) is 1. The van der Waals surface area contributed by atoms with E-state index in [0.717, 1.165) is 10.2 Å². The summed E-state index contributed by atoms with van der Waals surface area (Å²) in [6, 6.07) is 3.46. The number of fused-ring (bicyclic) bond motifs is 1. The van der Waals surface area contributed by atoms with Crippen LogP contribution >= 0.6 is 11.3 Å². The first kappa shape index (κ1) is 11.0. The Labute approximate surface area is 96.5 Å². The molecule has 2 heterocycles. The molecule has 0 spiro atoms. The quantitative estimate of drug-likeness (QED) is 0.829. The molecule has 0 radical (unpaired) electrons. The summed E-state index contributed by atoms with van der Waals surface area (Å²) < 4.78 is 4.87. The fourth-order valence-corrected chi connectivity index (χ4v) is 2.27. The predicted molar refractivity (Wildman–Crippen MR) is 61.5 cm³/mol. The van der Waals surface area contributed by atoms with Crippen LogP contribution in [0.3, 0.4) is 0 Å². The van der Waals surface area contributed by atoms with Crippen molar-refractivity contribution >= 4 is 27.5 Å². The molecule has 0 fully saturated rings. The molecular formula is C11H11NO3S. The highest BCUT2D eigenvalue weighted by Crippen LogP contribution is 2.23. The minimum absolute atomic E-state index is 0.109. The molecule has 0 amide bonds. The highest BCUT2D eigenvalue weighted by molar-refractivity contribution is 7.16. The van der Waals surface area contributed by atoms with Crippen molar-refractivity contribution in [2.75, 3.05) is 6.61 Å². The number of aliphatic hydroxyl groups is 1. The van der Waals surface area contributed by atoms with Crippen LogP contribution in [0.2, 0.25) is 0 Å². The van der Waals surface area contributed by atoms with E-state index in [4.69, 9.17) is 4.74 Å². The van der Waals surface area contributed by atoms with Gasteiger partial charge < -0.3 is 9.84 Å². The van der Waals surface area contributed by atoms with E-state index < -0.39 is 5.97 Å². The average Bonchev–Trinajstić information content (AvgIpc) is 2.75. The Hall–Kier alpha value is -1.46. The number of hydrogen-bond acceptors (Lipinski definition) is 5. The third kappa shape index (κ3) is 1.91. The summed E-state index contributed by atoms with van der Waals surface area (Å²) in [5.74, 6) is -0.451. The van der Waals surface area contributed by atoms with E-state index in [1.54, 1.807) is 13.0 Å². The van der Waals surface area contributed by atoms with E-state index in [-0.39, 0.29) is 12.3 Å². The van der Waals surface area contributed by atoms with Gasteiger partial charge in [0.2, 0.25) is 0 Å². The Morgan fingerprint density at radius 1 is 1.62 bits per heavy atom. The molecule has 4 nitrogen and oxygen atoms in total.